The van der Waals surface area contributed by atoms with Crippen molar-refractivity contribution in [2.45, 2.75) is 139 Å². The zero-order chi connectivity index (χ0) is 58.3. The van der Waals surface area contributed by atoms with Crippen molar-refractivity contribution in [2.75, 3.05) is 33.3 Å². The van der Waals surface area contributed by atoms with Crippen LogP contribution in [0.1, 0.15) is 88.1 Å². The first-order chi connectivity index (χ1) is 38.8. The minimum absolute atomic E-state index is 0.0125. The van der Waals surface area contributed by atoms with Crippen LogP contribution in [-0.4, -0.2) is 172 Å². The standard InChI is InChI=1S/C59H75N9O13/c1-5-6-7-29-81-45-25-21-40(22-26-45)38-15-13-37(14-16-38)39-17-19-41(20-18-39)52(73)63-46-9-8-28-61-55(76)48-30-42(62-59(80)60-4)32-67(48)57(78)50(34(2)69)66-54(75)47(27-12-36-10-23-43(71)24-11-36)64-56(77)49-31-44(72)33-68(49)58(79)51(35(3)70)65-53(46)74/h10-11,13-26,34-35,42,44,46-51,69-72H,5-9,12,27-33H2,1-4H3,(H,61,76)(H,63,73)(H,64,77)(H,65,74)(H,66,75)(H2,60,62,80)/t34-,35-,42+,44-,46+,47+,48+,49+,50+,51+/m1/s1. The van der Waals surface area contributed by atoms with Crippen LogP contribution in [0, 0.1) is 0 Å². The summed E-state index contributed by atoms with van der Waals surface area (Å²) in [5.74, 6) is -5.05. The molecule has 7 rings (SSSR count). The number of fused-ring (bicyclic) bond motifs is 2. The van der Waals surface area contributed by atoms with E-state index in [0.29, 0.717) is 12.2 Å². The van der Waals surface area contributed by atoms with Crippen molar-refractivity contribution in [1.29, 1.82) is 0 Å². The summed E-state index contributed by atoms with van der Waals surface area (Å²) in [7, 11) is 1.39. The molecule has 22 heteroatoms. The number of rotatable bonds is 15. The summed E-state index contributed by atoms with van der Waals surface area (Å²) in [5, 5.41) is 61.4. The number of carbonyl (C=O) groups is 8. The lowest BCUT2D eigenvalue weighted by molar-refractivity contribution is -0.145. The van der Waals surface area contributed by atoms with Gasteiger partial charge in [0.1, 0.15) is 47.8 Å². The Labute approximate surface area is 470 Å². The fourth-order valence-electron chi connectivity index (χ4n) is 10.2. The molecule has 3 heterocycles. The monoisotopic (exact) mass is 1120 g/mol. The van der Waals surface area contributed by atoms with Crippen LogP contribution in [0.25, 0.3) is 22.3 Å². The zero-order valence-electron chi connectivity index (χ0n) is 46.1. The highest BCUT2D eigenvalue weighted by Crippen LogP contribution is 2.28. The van der Waals surface area contributed by atoms with Gasteiger partial charge in [-0.25, -0.2) is 4.79 Å². The van der Waals surface area contributed by atoms with Gasteiger partial charge in [-0.3, -0.25) is 33.6 Å². The van der Waals surface area contributed by atoms with Crippen molar-refractivity contribution in [3.8, 4) is 33.8 Å². The van der Waals surface area contributed by atoms with Crippen molar-refractivity contribution in [3.63, 3.8) is 0 Å². The Morgan fingerprint density at radius 2 is 1.23 bits per heavy atom. The molecule has 11 N–H and O–H groups in total. The number of hydrogen-bond donors (Lipinski definition) is 11. The topological polar surface area (TPSA) is 317 Å². The van der Waals surface area contributed by atoms with Crippen molar-refractivity contribution >= 4 is 47.4 Å². The first-order valence-corrected chi connectivity index (χ1v) is 27.7. The molecule has 0 spiro atoms. The van der Waals surface area contributed by atoms with E-state index in [1.165, 1.54) is 33.0 Å². The number of benzene rings is 4. The van der Waals surface area contributed by atoms with E-state index in [0.717, 1.165) is 57.1 Å². The van der Waals surface area contributed by atoms with Crippen LogP contribution in [0.5, 0.6) is 11.5 Å². The molecular weight excluding hydrogens is 1040 g/mol. The third-order valence-corrected chi connectivity index (χ3v) is 14.9. The Morgan fingerprint density at radius 3 is 1.81 bits per heavy atom. The highest BCUT2D eigenvalue weighted by Gasteiger charge is 2.46. The minimum atomic E-state index is -1.71. The molecule has 3 aliphatic rings. The van der Waals surface area contributed by atoms with Gasteiger partial charge in [0.2, 0.25) is 35.4 Å². The van der Waals surface area contributed by atoms with Gasteiger partial charge in [0.25, 0.3) is 5.91 Å². The van der Waals surface area contributed by atoms with Crippen LogP contribution in [0.4, 0.5) is 4.79 Å². The summed E-state index contributed by atoms with van der Waals surface area (Å²) < 4.78 is 5.86. The lowest BCUT2D eigenvalue weighted by Crippen LogP contribution is -2.61. The van der Waals surface area contributed by atoms with E-state index in [4.69, 9.17) is 4.74 Å². The Morgan fingerprint density at radius 1 is 0.679 bits per heavy atom. The maximum atomic E-state index is 14.5. The smallest absolute Gasteiger partial charge is 0.314 e. The second-order valence-electron chi connectivity index (χ2n) is 21.0. The Kier molecular flexibility index (Phi) is 21.2. The quantitative estimate of drug-likeness (QED) is 0.0761. The average molecular weight is 1120 g/mol. The largest absolute Gasteiger partial charge is 0.508 e. The van der Waals surface area contributed by atoms with Gasteiger partial charge in [-0.05, 0) is 117 Å². The predicted octanol–water partition coefficient (Wildman–Crippen LogP) is 2.01. The Balaban J connectivity index is 1.14. The van der Waals surface area contributed by atoms with E-state index in [9.17, 15) is 58.8 Å². The van der Waals surface area contributed by atoms with E-state index in [2.05, 4.69) is 44.1 Å². The van der Waals surface area contributed by atoms with Crippen molar-refractivity contribution < 1.29 is 63.5 Å². The zero-order valence-corrected chi connectivity index (χ0v) is 46.1. The molecule has 3 saturated heterocycles. The second-order valence-corrected chi connectivity index (χ2v) is 21.0. The van der Waals surface area contributed by atoms with Gasteiger partial charge >= 0.3 is 6.03 Å². The number of nitrogens with zero attached hydrogens (tertiary/aromatic N) is 2. The summed E-state index contributed by atoms with van der Waals surface area (Å²) >= 11 is 0. The molecule has 0 aromatic heterocycles. The number of hydrogen-bond acceptors (Lipinski definition) is 13. The molecule has 0 bridgehead atoms. The van der Waals surface area contributed by atoms with Crippen LogP contribution in [0.3, 0.4) is 0 Å². The molecule has 4 aromatic rings. The van der Waals surface area contributed by atoms with Crippen LogP contribution in [0.2, 0.25) is 0 Å². The van der Waals surface area contributed by atoms with Gasteiger partial charge in [0.15, 0.2) is 0 Å². The number of amides is 9. The minimum Gasteiger partial charge on any atom is -0.508 e. The number of aryl methyl sites for hydroxylation is 1. The molecule has 9 amide bonds. The molecule has 3 aliphatic heterocycles. The number of unbranched alkanes of at least 4 members (excludes halogenated alkanes) is 2. The van der Waals surface area contributed by atoms with Gasteiger partial charge in [-0.1, -0.05) is 80.4 Å². The number of phenolic OH excluding ortho intramolecular Hbond substituents is 1. The molecule has 0 radical (unpaired) electrons. The molecule has 3 fully saturated rings. The summed E-state index contributed by atoms with van der Waals surface area (Å²) in [6, 6.07) is 18.5. The highest BCUT2D eigenvalue weighted by atomic mass is 16.5. The number of aliphatic hydroxyl groups excluding tert-OH is 3. The molecule has 0 unspecified atom stereocenters. The molecular formula is C59H75N9O13. The number of urea groups is 1. The van der Waals surface area contributed by atoms with E-state index >= 15 is 0 Å². The first kappa shape index (κ1) is 60.6. The maximum absolute atomic E-state index is 14.5. The number of nitrogens with one attached hydrogen (secondary N) is 7. The summed E-state index contributed by atoms with van der Waals surface area (Å²) in [6.07, 6.45) is -1.54. The lowest BCUT2D eigenvalue weighted by atomic mass is 9.99. The van der Waals surface area contributed by atoms with Crippen LogP contribution in [-0.2, 0) is 35.2 Å². The normalized spacial score (nSPS) is 24.0. The number of aromatic hydroxyl groups is 1. The third-order valence-electron chi connectivity index (χ3n) is 14.9. The van der Waals surface area contributed by atoms with Crippen molar-refractivity contribution in [1.82, 2.24) is 47.0 Å². The molecule has 22 nitrogen and oxygen atoms in total. The number of phenols is 1. The summed E-state index contributed by atoms with van der Waals surface area (Å²) in [4.78, 5) is 115. The van der Waals surface area contributed by atoms with Crippen molar-refractivity contribution in [2.24, 2.45) is 0 Å². The Bertz CT molecular complexity index is 2830. The predicted molar refractivity (Wildman–Crippen MR) is 299 cm³/mol. The third kappa shape index (κ3) is 16.1. The van der Waals surface area contributed by atoms with E-state index < -0.39 is 115 Å². The van der Waals surface area contributed by atoms with Crippen LogP contribution >= 0.6 is 0 Å². The van der Waals surface area contributed by atoms with Gasteiger partial charge in [-0.2, -0.15) is 0 Å². The van der Waals surface area contributed by atoms with Gasteiger partial charge in [0, 0.05) is 38.7 Å². The fourth-order valence-corrected chi connectivity index (χ4v) is 10.2. The SMILES string of the molecule is CCCCCOc1ccc(-c2ccc(-c3ccc(C(=O)N[C@H]4CCCNC(=O)[C@@H]5C[C@H](NC(=O)NC)CN5C(=O)[C@H]([C@@H](C)O)NC(=O)[C@H](CCc5ccc(O)cc5)NC(=O)[C@@H]5C[C@@H](O)CN5C(=O)[C@H]([C@@H](C)O)NC4=O)cc3)cc2)cc1. The number of ether oxygens (including phenoxy) is 1. The van der Waals surface area contributed by atoms with E-state index in [-0.39, 0.29) is 62.9 Å². The molecule has 0 aliphatic carbocycles. The first-order valence-electron chi connectivity index (χ1n) is 27.7. The van der Waals surface area contributed by atoms with E-state index in [1.54, 1.807) is 36.4 Å². The van der Waals surface area contributed by atoms with Gasteiger partial charge in [-0.15, -0.1) is 0 Å². The van der Waals surface area contributed by atoms with Crippen molar-refractivity contribution in [3.05, 3.63) is 108 Å². The second kappa shape index (κ2) is 28.4. The fraction of sp³-hybridized carbons (Fsp3) is 0.458. The summed E-state index contributed by atoms with van der Waals surface area (Å²) in [5.41, 5.74) is 4.55. The average Bonchev–Trinajstić information content (AvgIpc) is 4.13. The van der Waals surface area contributed by atoms with E-state index in [1.807, 2.05) is 48.5 Å². The number of aliphatic hydroxyl groups is 3. The summed E-state index contributed by atoms with van der Waals surface area (Å²) in [6.45, 7) is 4.63. The molecule has 434 valence electrons. The maximum Gasteiger partial charge on any atom is 0.314 e. The van der Waals surface area contributed by atoms with Crippen LogP contribution < -0.4 is 42.0 Å². The molecule has 4 aromatic carbocycles. The molecule has 0 saturated carbocycles. The van der Waals surface area contributed by atoms with Gasteiger partial charge < -0.3 is 72.2 Å². The number of carbonyl (C=O) groups excluding carboxylic acids is 8. The Hall–Kier alpha value is -8.08. The van der Waals surface area contributed by atoms with Crippen LogP contribution in [0.15, 0.2) is 97.1 Å². The highest BCUT2D eigenvalue weighted by molar-refractivity contribution is 6.00. The molecule has 81 heavy (non-hydrogen) atoms. The molecule has 10 atom stereocenters. The lowest BCUT2D eigenvalue weighted by Gasteiger charge is -2.32. The van der Waals surface area contributed by atoms with Gasteiger partial charge in [0.05, 0.1) is 31.0 Å².